The first kappa shape index (κ1) is 29.8. The zero-order valence-electron chi connectivity index (χ0n) is 20.4. The van der Waals surface area contributed by atoms with Gasteiger partial charge in [-0.2, -0.15) is 0 Å². The molecule has 2 rings (SSSR count). The van der Waals surface area contributed by atoms with Gasteiger partial charge >= 0.3 is 0 Å². The fraction of sp³-hybridized carbons (Fsp3) is 0.417. The average Bonchev–Trinajstić information content (AvgIpc) is 2.80. The Morgan fingerprint density at radius 3 is 2.14 bits per heavy atom. The minimum atomic E-state index is -4.10. The van der Waals surface area contributed by atoms with Crippen molar-refractivity contribution in [3.8, 4) is 0 Å². The Morgan fingerprint density at radius 2 is 1.64 bits per heavy atom. The average molecular weight is 564 g/mol. The zero-order valence-corrected chi connectivity index (χ0v) is 22.7. The van der Waals surface area contributed by atoms with Crippen LogP contribution in [-0.2, 0) is 26.2 Å². The number of benzene rings is 2. The van der Waals surface area contributed by atoms with Crippen LogP contribution in [0.5, 0.6) is 0 Å². The molecule has 0 unspecified atom stereocenters. The Morgan fingerprint density at radius 1 is 1.03 bits per heavy atom. The minimum absolute atomic E-state index is 0.165. The molecule has 0 fully saturated rings. The number of nitrogens with one attached hydrogen (secondary N) is 1. The second kappa shape index (κ2) is 12.7. The third-order valence-electron chi connectivity index (χ3n) is 5.65. The molecule has 198 valence electrons. The second-order valence-electron chi connectivity index (χ2n) is 8.33. The lowest BCUT2D eigenvalue weighted by molar-refractivity contribution is -0.140. The molecule has 0 bridgehead atoms. The van der Waals surface area contributed by atoms with Crippen molar-refractivity contribution in [1.29, 1.82) is 0 Å². The van der Waals surface area contributed by atoms with Crippen molar-refractivity contribution in [3.63, 3.8) is 0 Å². The first-order valence-corrected chi connectivity index (χ1v) is 13.9. The molecule has 0 aromatic heterocycles. The van der Waals surface area contributed by atoms with Crippen LogP contribution < -0.4 is 9.62 Å². The van der Waals surface area contributed by atoms with Crippen molar-refractivity contribution in [2.75, 3.05) is 17.1 Å². The smallest absolute Gasteiger partial charge is 0.244 e. The summed E-state index contributed by atoms with van der Waals surface area (Å²) >= 11 is 12.6. The summed E-state index contributed by atoms with van der Waals surface area (Å²) in [6.07, 6.45) is 1.70. The highest BCUT2D eigenvalue weighted by Gasteiger charge is 2.33. The Bertz CT molecular complexity index is 1190. The molecule has 0 aliphatic heterocycles. The van der Waals surface area contributed by atoms with Crippen LogP contribution in [0.15, 0.2) is 36.4 Å². The van der Waals surface area contributed by atoms with Gasteiger partial charge in [-0.05, 0) is 44.0 Å². The standard InChI is InChI=1S/C24H29Cl2F2N3O4S/c1-5-15(3)29-24(33)22(6-2)30(13-17-18(25)8-7-9-19(17)26)23(32)14-31(36(4,34)35)16-10-11-20(27)21(28)12-16/h7-12,15,22H,5-6,13-14H2,1-4H3,(H,29,33)/t15-,22-/m1/s1. The predicted octanol–water partition coefficient (Wildman–Crippen LogP) is 4.76. The van der Waals surface area contributed by atoms with Gasteiger partial charge < -0.3 is 10.2 Å². The number of amides is 2. The monoisotopic (exact) mass is 563 g/mol. The largest absolute Gasteiger partial charge is 0.352 e. The van der Waals surface area contributed by atoms with Crippen LogP contribution in [0.2, 0.25) is 10.0 Å². The molecule has 2 amide bonds. The Labute approximate surface area is 220 Å². The van der Waals surface area contributed by atoms with Crippen LogP contribution in [0.1, 0.15) is 39.2 Å². The number of hydrogen-bond acceptors (Lipinski definition) is 4. The molecule has 0 aliphatic rings. The lowest BCUT2D eigenvalue weighted by Crippen LogP contribution is -2.53. The number of anilines is 1. The number of rotatable bonds is 11. The SMILES string of the molecule is CC[C@@H](C)NC(=O)[C@@H](CC)N(Cc1c(Cl)cccc1Cl)C(=O)CN(c1ccc(F)c(F)c1)S(C)(=O)=O. The molecule has 2 aromatic rings. The van der Waals surface area contributed by atoms with Gasteiger partial charge in [0.05, 0.1) is 11.9 Å². The van der Waals surface area contributed by atoms with E-state index >= 15 is 0 Å². The third kappa shape index (κ3) is 7.54. The van der Waals surface area contributed by atoms with E-state index in [0.29, 0.717) is 22.4 Å². The molecule has 36 heavy (non-hydrogen) atoms. The Kier molecular flexibility index (Phi) is 10.5. The summed E-state index contributed by atoms with van der Waals surface area (Å²) in [5, 5.41) is 3.36. The maximum atomic E-state index is 13.9. The molecule has 2 atom stereocenters. The molecule has 0 saturated carbocycles. The van der Waals surface area contributed by atoms with Crippen LogP contribution in [0, 0.1) is 11.6 Å². The van der Waals surface area contributed by atoms with E-state index in [2.05, 4.69) is 5.32 Å². The van der Waals surface area contributed by atoms with Gasteiger partial charge in [-0.15, -0.1) is 0 Å². The minimum Gasteiger partial charge on any atom is -0.352 e. The van der Waals surface area contributed by atoms with Crippen molar-refractivity contribution in [3.05, 3.63) is 63.6 Å². The molecular weight excluding hydrogens is 535 g/mol. The van der Waals surface area contributed by atoms with Gasteiger partial charge in [-0.1, -0.05) is 43.1 Å². The van der Waals surface area contributed by atoms with Crippen molar-refractivity contribution in [1.82, 2.24) is 10.2 Å². The number of carbonyl (C=O) groups is 2. The van der Waals surface area contributed by atoms with E-state index in [0.717, 1.165) is 18.4 Å². The van der Waals surface area contributed by atoms with Gasteiger partial charge in [0.2, 0.25) is 21.8 Å². The van der Waals surface area contributed by atoms with Gasteiger partial charge in [0.1, 0.15) is 12.6 Å². The number of sulfonamides is 1. The predicted molar refractivity (Wildman–Crippen MR) is 138 cm³/mol. The van der Waals surface area contributed by atoms with Crippen LogP contribution >= 0.6 is 23.2 Å². The van der Waals surface area contributed by atoms with E-state index in [1.54, 1.807) is 25.1 Å². The first-order valence-electron chi connectivity index (χ1n) is 11.3. The van der Waals surface area contributed by atoms with Crippen LogP contribution in [0.4, 0.5) is 14.5 Å². The Hall–Kier alpha value is -2.43. The van der Waals surface area contributed by atoms with Gasteiger partial charge in [0.25, 0.3) is 0 Å². The van der Waals surface area contributed by atoms with Gasteiger partial charge in [-0.3, -0.25) is 13.9 Å². The van der Waals surface area contributed by atoms with Crippen molar-refractivity contribution in [2.45, 2.75) is 52.2 Å². The first-order chi connectivity index (χ1) is 16.8. The fourth-order valence-electron chi connectivity index (χ4n) is 3.47. The highest BCUT2D eigenvalue weighted by Crippen LogP contribution is 2.28. The molecule has 0 aliphatic carbocycles. The number of carbonyl (C=O) groups excluding carboxylic acids is 2. The summed E-state index contributed by atoms with van der Waals surface area (Å²) in [6.45, 7) is 4.47. The van der Waals surface area contributed by atoms with E-state index < -0.39 is 46.1 Å². The summed E-state index contributed by atoms with van der Waals surface area (Å²) in [5.74, 6) is -3.62. The molecule has 2 aromatic carbocycles. The summed E-state index contributed by atoms with van der Waals surface area (Å²) < 4.78 is 53.0. The van der Waals surface area contributed by atoms with Crippen molar-refractivity contribution in [2.24, 2.45) is 0 Å². The Balaban J connectivity index is 2.52. The summed E-state index contributed by atoms with van der Waals surface area (Å²) in [6, 6.07) is 6.14. The van der Waals surface area contributed by atoms with Crippen LogP contribution in [0.25, 0.3) is 0 Å². The number of nitrogens with zero attached hydrogens (tertiary/aromatic N) is 2. The van der Waals surface area contributed by atoms with E-state index in [4.69, 9.17) is 23.2 Å². The maximum Gasteiger partial charge on any atom is 0.244 e. The highest BCUT2D eigenvalue weighted by molar-refractivity contribution is 7.92. The molecule has 12 heteroatoms. The summed E-state index contributed by atoms with van der Waals surface area (Å²) in [5.41, 5.74) is 0.139. The lowest BCUT2D eigenvalue weighted by atomic mass is 10.1. The van der Waals surface area contributed by atoms with E-state index in [-0.39, 0.29) is 34.7 Å². The summed E-state index contributed by atoms with van der Waals surface area (Å²) in [4.78, 5) is 27.9. The quantitative estimate of drug-likeness (QED) is 0.427. The fourth-order valence-corrected chi connectivity index (χ4v) is 4.83. The van der Waals surface area contributed by atoms with Crippen molar-refractivity contribution < 1.29 is 26.8 Å². The second-order valence-corrected chi connectivity index (χ2v) is 11.1. The molecule has 7 nitrogen and oxygen atoms in total. The topological polar surface area (TPSA) is 86.8 Å². The third-order valence-corrected chi connectivity index (χ3v) is 7.50. The molecule has 0 saturated heterocycles. The van der Waals surface area contributed by atoms with Crippen LogP contribution in [0.3, 0.4) is 0 Å². The number of halogens is 4. The van der Waals surface area contributed by atoms with Gasteiger partial charge in [0, 0.05) is 34.3 Å². The van der Waals surface area contributed by atoms with E-state index in [1.807, 2.05) is 13.8 Å². The van der Waals surface area contributed by atoms with Gasteiger partial charge in [-0.25, -0.2) is 17.2 Å². The molecule has 0 radical (unpaired) electrons. The van der Waals surface area contributed by atoms with Crippen molar-refractivity contribution >= 4 is 50.7 Å². The molecule has 0 spiro atoms. The zero-order chi connectivity index (χ0) is 27.2. The normalized spacial score (nSPS) is 13.1. The lowest BCUT2D eigenvalue weighted by Gasteiger charge is -2.33. The highest BCUT2D eigenvalue weighted by atomic mass is 35.5. The van der Waals surface area contributed by atoms with Crippen LogP contribution in [-0.4, -0.2) is 50.0 Å². The molecular formula is C24H29Cl2F2N3O4S. The molecule has 1 N–H and O–H groups in total. The van der Waals surface area contributed by atoms with E-state index in [1.165, 1.54) is 4.90 Å². The summed E-state index contributed by atoms with van der Waals surface area (Å²) in [7, 11) is -4.10. The van der Waals surface area contributed by atoms with Gasteiger partial charge in [0.15, 0.2) is 11.6 Å². The molecule has 0 heterocycles. The maximum absolute atomic E-state index is 13.9. The van der Waals surface area contributed by atoms with E-state index in [9.17, 15) is 26.8 Å². The number of hydrogen-bond donors (Lipinski definition) is 1.